The molecule has 27 heavy (non-hydrogen) atoms. The van der Waals surface area contributed by atoms with Crippen LogP contribution in [0.4, 0.5) is 0 Å². The van der Waals surface area contributed by atoms with Crippen LogP contribution in [-0.4, -0.2) is 30.7 Å². The van der Waals surface area contributed by atoms with Crippen molar-refractivity contribution in [1.82, 2.24) is 14.5 Å². The maximum absolute atomic E-state index is 13.2. The van der Waals surface area contributed by atoms with E-state index < -0.39 is 10.0 Å². The Labute approximate surface area is 166 Å². The molecule has 0 atom stereocenters. The zero-order valence-electron chi connectivity index (χ0n) is 15.5. The van der Waals surface area contributed by atoms with Crippen LogP contribution in [0.25, 0.3) is 10.9 Å². The Morgan fingerprint density at radius 2 is 1.63 bits per heavy atom. The van der Waals surface area contributed by atoms with Gasteiger partial charge >= 0.3 is 0 Å². The van der Waals surface area contributed by atoms with E-state index in [1.54, 1.807) is 12.1 Å². The molecule has 0 aliphatic carbocycles. The Morgan fingerprint density at radius 3 is 2.30 bits per heavy atom. The molecule has 2 aromatic carbocycles. The molecule has 0 saturated carbocycles. The van der Waals surface area contributed by atoms with Crippen molar-refractivity contribution in [2.24, 2.45) is 0 Å². The van der Waals surface area contributed by atoms with Gasteiger partial charge < -0.3 is 5.32 Å². The van der Waals surface area contributed by atoms with Crippen LogP contribution in [0, 0.1) is 13.8 Å². The van der Waals surface area contributed by atoms with E-state index in [-0.39, 0.29) is 23.2 Å². The molecule has 3 aromatic rings. The fraction of sp³-hybridized carbons (Fsp3) is 0.350. The second-order valence-electron chi connectivity index (χ2n) is 7.09. The highest BCUT2D eigenvalue weighted by Crippen LogP contribution is 2.33. The van der Waals surface area contributed by atoms with Crippen LogP contribution in [0.3, 0.4) is 0 Å². The number of hydrogen-bond acceptors (Lipinski definition) is 4. The van der Waals surface area contributed by atoms with Gasteiger partial charge in [0.2, 0.25) is 0 Å². The van der Waals surface area contributed by atoms with Gasteiger partial charge in [-0.25, -0.2) is 0 Å². The Balaban J connectivity index is 0.00000210. The molecule has 144 valence electrons. The van der Waals surface area contributed by atoms with Crippen LogP contribution in [0.5, 0.6) is 0 Å². The second-order valence-corrected chi connectivity index (χ2v) is 8.86. The summed E-state index contributed by atoms with van der Waals surface area (Å²) in [6.07, 6.45) is 1.95. The minimum atomic E-state index is -3.72. The van der Waals surface area contributed by atoms with Gasteiger partial charge in [0.05, 0.1) is 16.1 Å². The molecule has 0 amide bonds. The number of hydrogen-bond donors (Lipinski definition) is 1. The summed E-state index contributed by atoms with van der Waals surface area (Å²) in [6.45, 7) is 5.85. The minimum absolute atomic E-state index is 0. The normalized spacial score (nSPS) is 15.6. The average Bonchev–Trinajstić information content (AvgIpc) is 3.02. The molecule has 0 unspecified atom stereocenters. The van der Waals surface area contributed by atoms with E-state index in [0.717, 1.165) is 48.1 Å². The lowest BCUT2D eigenvalue weighted by Gasteiger charge is -2.21. The van der Waals surface area contributed by atoms with Crippen molar-refractivity contribution in [2.45, 2.75) is 37.5 Å². The van der Waals surface area contributed by atoms with Gasteiger partial charge in [-0.3, -0.25) is 0 Å². The van der Waals surface area contributed by atoms with E-state index in [1.807, 2.05) is 38.1 Å². The second kappa shape index (κ2) is 7.62. The van der Waals surface area contributed by atoms with Crippen LogP contribution in [0.2, 0.25) is 0 Å². The third-order valence-electron chi connectivity index (χ3n) is 5.11. The summed E-state index contributed by atoms with van der Waals surface area (Å²) in [7, 11) is -3.72. The number of aryl methyl sites for hydroxylation is 2. The number of rotatable bonds is 3. The highest BCUT2D eigenvalue weighted by Gasteiger charge is 2.27. The van der Waals surface area contributed by atoms with Gasteiger partial charge in [-0.2, -0.15) is 17.6 Å². The average molecular weight is 406 g/mol. The molecule has 2 heterocycles. The molecule has 1 saturated heterocycles. The molecule has 1 aliphatic heterocycles. The summed E-state index contributed by atoms with van der Waals surface area (Å²) >= 11 is 0. The van der Waals surface area contributed by atoms with Crippen molar-refractivity contribution in [3.63, 3.8) is 0 Å². The quantitative estimate of drug-likeness (QED) is 0.720. The van der Waals surface area contributed by atoms with Gasteiger partial charge in [0.25, 0.3) is 10.0 Å². The minimum Gasteiger partial charge on any atom is -0.317 e. The zero-order chi connectivity index (χ0) is 18.3. The third kappa shape index (κ3) is 3.61. The topological polar surface area (TPSA) is 64.0 Å². The molecule has 0 spiro atoms. The van der Waals surface area contributed by atoms with E-state index in [2.05, 4.69) is 16.5 Å². The van der Waals surface area contributed by atoms with Gasteiger partial charge in [0.1, 0.15) is 0 Å². The van der Waals surface area contributed by atoms with E-state index in [9.17, 15) is 8.42 Å². The first-order valence-electron chi connectivity index (χ1n) is 8.99. The van der Waals surface area contributed by atoms with Gasteiger partial charge in [0.15, 0.2) is 0 Å². The van der Waals surface area contributed by atoms with E-state index in [0.29, 0.717) is 5.52 Å². The van der Waals surface area contributed by atoms with Crippen molar-refractivity contribution >= 4 is 33.3 Å². The number of halogens is 1. The van der Waals surface area contributed by atoms with Gasteiger partial charge in [-0.05, 0) is 64.0 Å². The number of fused-ring (bicyclic) bond motifs is 1. The molecule has 7 heteroatoms. The van der Waals surface area contributed by atoms with Crippen molar-refractivity contribution in [3.05, 3.63) is 59.3 Å². The van der Waals surface area contributed by atoms with Crippen molar-refractivity contribution < 1.29 is 8.42 Å². The fourth-order valence-corrected chi connectivity index (χ4v) is 4.91. The van der Waals surface area contributed by atoms with Gasteiger partial charge in [-0.15, -0.1) is 12.4 Å². The van der Waals surface area contributed by atoms with Gasteiger partial charge in [-0.1, -0.05) is 29.3 Å². The van der Waals surface area contributed by atoms with Crippen LogP contribution in [0.1, 0.15) is 35.6 Å². The summed E-state index contributed by atoms with van der Waals surface area (Å²) in [5.41, 5.74) is 3.70. The lowest BCUT2D eigenvalue weighted by atomic mass is 9.92. The van der Waals surface area contributed by atoms with Crippen LogP contribution < -0.4 is 5.32 Å². The highest BCUT2D eigenvalue weighted by molar-refractivity contribution is 7.90. The molecular formula is C20H24ClN3O2S. The summed E-state index contributed by atoms with van der Waals surface area (Å²) in [6, 6.07) is 12.8. The standard InChI is InChI=1S/C20H23N3O2S.ClH/c1-14-3-6-17(7-4-14)26(24,25)23-19-8-5-15(2)13-18(19)20(22-23)16-9-11-21-12-10-16;/h3-8,13,16,21H,9-12H2,1-2H3;1H. The molecule has 1 N–H and O–H groups in total. The molecule has 4 rings (SSSR count). The van der Waals surface area contributed by atoms with E-state index in [1.165, 1.54) is 4.09 Å². The van der Waals surface area contributed by atoms with Crippen molar-refractivity contribution in [3.8, 4) is 0 Å². The fourth-order valence-electron chi connectivity index (χ4n) is 3.62. The predicted molar refractivity (Wildman–Crippen MR) is 110 cm³/mol. The Morgan fingerprint density at radius 1 is 1.00 bits per heavy atom. The lowest BCUT2D eigenvalue weighted by Crippen LogP contribution is -2.27. The zero-order valence-corrected chi connectivity index (χ0v) is 17.1. The number of nitrogens with zero attached hydrogens (tertiary/aromatic N) is 2. The van der Waals surface area contributed by atoms with Crippen molar-refractivity contribution in [1.29, 1.82) is 0 Å². The largest absolute Gasteiger partial charge is 0.317 e. The van der Waals surface area contributed by atoms with Crippen molar-refractivity contribution in [2.75, 3.05) is 13.1 Å². The highest BCUT2D eigenvalue weighted by atomic mass is 35.5. The molecular weight excluding hydrogens is 382 g/mol. The van der Waals surface area contributed by atoms with Crippen LogP contribution >= 0.6 is 12.4 Å². The molecule has 1 fully saturated rings. The smallest absolute Gasteiger partial charge is 0.283 e. The first-order valence-corrected chi connectivity index (χ1v) is 10.4. The summed E-state index contributed by atoms with van der Waals surface area (Å²) < 4.78 is 27.7. The third-order valence-corrected chi connectivity index (χ3v) is 6.71. The molecule has 0 radical (unpaired) electrons. The Bertz CT molecular complexity index is 1050. The summed E-state index contributed by atoms with van der Waals surface area (Å²) in [5.74, 6) is 0.287. The van der Waals surface area contributed by atoms with E-state index >= 15 is 0 Å². The number of benzene rings is 2. The Hall–Kier alpha value is -1.89. The first kappa shape index (κ1) is 19.9. The first-order chi connectivity index (χ1) is 12.5. The summed E-state index contributed by atoms with van der Waals surface area (Å²) in [5, 5.41) is 8.94. The Kier molecular flexibility index (Phi) is 5.60. The predicted octanol–water partition coefficient (Wildman–Crippen LogP) is 3.78. The monoisotopic (exact) mass is 405 g/mol. The summed E-state index contributed by atoms with van der Waals surface area (Å²) in [4.78, 5) is 0.268. The number of aromatic nitrogens is 2. The van der Waals surface area contributed by atoms with Gasteiger partial charge in [0, 0.05) is 11.3 Å². The SMILES string of the molecule is Cc1ccc(S(=O)(=O)n2nc(C3CCNCC3)c3cc(C)ccc32)cc1.Cl. The van der Waals surface area contributed by atoms with E-state index in [4.69, 9.17) is 0 Å². The maximum atomic E-state index is 13.2. The molecule has 0 bridgehead atoms. The molecule has 1 aromatic heterocycles. The lowest BCUT2D eigenvalue weighted by molar-refractivity contribution is 0.453. The van der Waals surface area contributed by atoms with Crippen LogP contribution in [0.15, 0.2) is 47.4 Å². The number of piperidine rings is 1. The molecule has 1 aliphatic rings. The maximum Gasteiger partial charge on any atom is 0.283 e. The molecule has 5 nitrogen and oxygen atoms in total. The number of nitrogens with one attached hydrogen (secondary N) is 1. The van der Waals surface area contributed by atoms with Crippen LogP contribution in [-0.2, 0) is 10.0 Å².